The molecular weight excluding hydrogens is 256 g/mol. The van der Waals surface area contributed by atoms with Crippen molar-refractivity contribution in [2.75, 3.05) is 13.9 Å². The van der Waals surface area contributed by atoms with Crippen molar-refractivity contribution < 1.29 is 19.7 Å². The van der Waals surface area contributed by atoms with Crippen molar-refractivity contribution in [3.63, 3.8) is 0 Å². The molecule has 4 nitrogen and oxygen atoms in total. The maximum Gasteiger partial charge on any atom is 0.188 e. The van der Waals surface area contributed by atoms with E-state index in [4.69, 9.17) is 14.6 Å². The van der Waals surface area contributed by atoms with Gasteiger partial charge in [0.1, 0.15) is 11.9 Å². The van der Waals surface area contributed by atoms with E-state index >= 15 is 0 Å². The Morgan fingerprint density at radius 2 is 1.80 bits per heavy atom. The van der Waals surface area contributed by atoms with Gasteiger partial charge >= 0.3 is 0 Å². The van der Waals surface area contributed by atoms with E-state index in [1.54, 1.807) is 37.4 Å². The molecule has 0 spiro atoms. The summed E-state index contributed by atoms with van der Waals surface area (Å²) in [6, 6.07) is 14.5. The third-order valence-electron chi connectivity index (χ3n) is 3.00. The van der Waals surface area contributed by atoms with Gasteiger partial charge in [0.2, 0.25) is 0 Å². The average molecular weight is 274 g/mol. The van der Waals surface area contributed by atoms with E-state index in [1.807, 2.05) is 18.2 Å². The predicted octanol–water partition coefficient (Wildman–Crippen LogP) is 2.24. The second kappa shape index (κ2) is 7.05. The number of benzene rings is 2. The van der Waals surface area contributed by atoms with Crippen LogP contribution in [0.1, 0.15) is 22.8 Å². The van der Waals surface area contributed by atoms with E-state index in [9.17, 15) is 5.11 Å². The van der Waals surface area contributed by atoms with Crippen molar-refractivity contribution in [2.45, 2.75) is 12.7 Å². The molecule has 0 aromatic heterocycles. The minimum absolute atomic E-state index is 0.00326. The minimum Gasteiger partial charge on any atom is -0.468 e. The third-order valence-corrected chi connectivity index (χ3v) is 3.00. The Morgan fingerprint density at radius 3 is 2.45 bits per heavy atom. The van der Waals surface area contributed by atoms with Crippen LogP contribution in [-0.4, -0.2) is 24.1 Å². The number of methoxy groups -OCH3 is 1. The van der Waals surface area contributed by atoms with E-state index in [1.165, 1.54) is 0 Å². The van der Waals surface area contributed by atoms with Crippen molar-refractivity contribution in [1.82, 2.24) is 0 Å². The van der Waals surface area contributed by atoms with Gasteiger partial charge in [0.15, 0.2) is 6.79 Å². The fourth-order valence-electron chi connectivity index (χ4n) is 1.90. The highest BCUT2D eigenvalue weighted by molar-refractivity contribution is 5.36. The minimum atomic E-state index is -0.728. The monoisotopic (exact) mass is 274 g/mol. The van der Waals surface area contributed by atoms with E-state index < -0.39 is 6.10 Å². The van der Waals surface area contributed by atoms with Crippen LogP contribution in [0.15, 0.2) is 48.5 Å². The standard InChI is InChI=1S/C16H18O4/c1-19-11-20-15-4-2-3-14(9-15)16(18)13-7-5-12(10-17)6-8-13/h2-9,16-18H,10-11H2,1H3. The molecule has 20 heavy (non-hydrogen) atoms. The van der Waals surface area contributed by atoms with E-state index in [-0.39, 0.29) is 13.4 Å². The quantitative estimate of drug-likeness (QED) is 0.793. The van der Waals surface area contributed by atoms with Gasteiger partial charge in [-0.2, -0.15) is 0 Å². The highest BCUT2D eigenvalue weighted by Crippen LogP contribution is 2.25. The molecule has 0 aliphatic heterocycles. The molecule has 1 atom stereocenters. The number of aliphatic hydroxyl groups is 2. The van der Waals surface area contributed by atoms with Crippen molar-refractivity contribution in [1.29, 1.82) is 0 Å². The van der Waals surface area contributed by atoms with Crippen LogP contribution in [0.25, 0.3) is 0 Å². The number of aliphatic hydroxyl groups excluding tert-OH is 2. The SMILES string of the molecule is COCOc1cccc(C(O)c2ccc(CO)cc2)c1. The Kier molecular flexibility index (Phi) is 5.12. The fraction of sp³-hybridized carbons (Fsp3) is 0.250. The first-order chi connectivity index (χ1) is 9.74. The Labute approximate surface area is 118 Å². The Bertz CT molecular complexity index is 536. The maximum absolute atomic E-state index is 10.4. The van der Waals surface area contributed by atoms with Crippen LogP contribution >= 0.6 is 0 Å². The molecule has 0 aliphatic carbocycles. The summed E-state index contributed by atoms with van der Waals surface area (Å²) in [4.78, 5) is 0. The normalized spacial score (nSPS) is 12.2. The molecule has 0 aliphatic rings. The van der Waals surface area contributed by atoms with Gasteiger partial charge in [0.05, 0.1) is 6.61 Å². The largest absolute Gasteiger partial charge is 0.468 e. The lowest BCUT2D eigenvalue weighted by molar-refractivity contribution is 0.0509. The summed E-state index contributed by atoms with van der Waals surface area (Å²) < 4.78 is 10.2. The van der Waals surface area contributed by atoms with E-state index in [0.717, 1.165) is 16.7 Å². The van der Waals surface area contributed by atoms with Crippen molar-refractivity contribution in [3.8, 4) is 5.75 Å². The van der Waals surface area contributed by atoms with Crippen LogP contribution in [0.2, 0.25) is 0 Å². The van der Waals surface area contributed by atoms with Gasteiger partial charge in [-0.15, -0.1) is 0 Å². The summed E-state index contributed by atoms with van der Waals surface area (Å²) >= 11 is 0. The van der Waals surface area contributed by atoms with E-state index in [0.29, 0.717) is 5.75 Å². The first-order valence-corrected chi connectivity index (χ1v) is 6.34. The van der Waals surface area contributed by atoms with E-state index in [2.05, 4.69) is 0 Å². The summed E-state index contributed by atoms with van der Waals surface area (Å²) in [6.07, 6.45) is -0.728. The van der Waals surface area contributed by atoms with Gasteiger partial charge in [-0.3, -0.25) is 0 Å². The van der Waals surface area contributed by atoms with Gasteiger partial charge in [0, 0.05) is 7.11 Å². The molecule has 4 heteroatoms. The molecule has 2 N–H and O–H groups in total. The van der Waals surface area contributed by atoms with Crippen LogP contribution in [0, 0.1) is 0 Å². The lowest BCUT2D eigenvalue weighted by Crippen LogP contribution is -2.02. The number of hydrogen-bond donors (Lipinski definition) is 2. The van der Waals surface area contributed by atoms with Crippen LogP contribution in [0.4, 0.5) is 0 Å². The topological polar surface area (TPSA) is 58.9 Å². The molecule has 2 rings (SSSR count). The maximum atomic E-state index is 10.4. The zero-order chi connectivity index (χ0) is 14.4. The van der Waals surface area contributed by atoms with Crippen molar-refractivity contribution in [3.05, 3.63) is 65.2 Å². The highest BCUT2D eigenvalue weighted by atomic mass is 16.7. The van der Waals surface area contributed by atoms with Gasteiger partial charge in [-0.25, -0.2) is 0 Å². The highest BCUT2D eigenvalue weighted by Gasteiger charge is 2.11. The molecule has 0 fully saturated rings. The zero-order valence-corrected chi connectivity index (χ0v) is 11.3. The second-order valence-electron chi connectivity index (χ2n) is 4.43. The molecule has 106 valence electrons. The lowest BCUT2D eigenvalue weighted by Gasteiger charge is -2.13. The molecule has 0 bridgehead atoms. The Hall–Kier alpha value is -1.88. The summed E-state index contributed by atoms with van der Waals surface area (Å²) in [5.74, 6) is 0.648. The van der Waals surface area contributed by atoms with Crippen LogP contribution < -0.4 is 4.74 Å². The zero-order valence-electron chi connectivity index (χ0n) is 11.3. The smallest absolute Gasteiger partial charge is 0.188 e. The Morgan fingerprint density at radius 1 is 1.05 bits per heavy atom. The van der Waals surface area contributed by atoms with Gasteiger partial charge < -0.3 is 19.7 Å². The van der Waals surface area contributed by atoms with Crippen molar-refractivity contribution >= 4 is 0 Å². The third kappa shape index (κ3) is 3.57. The first-order valence-electron chi connectivity index (χ1n) is 6.34. The molecule has 0 heterocycles. The molecule has 2 aromatic carbocycles. The average Bonchev–Trinajstić information content (AvgIpc) is 2.52. The molecule has 0 saturated carbocycles. The number of hydrogen-bond acceptors (Lipinski definition) is 4. The molecule has 0 radical (unpaired) electrons. The second-order valence-corrected chi connectivity index (χ2v) is 4.43. The fourth-order valence-corrected chi connectivity index (χ4v) is 1.90. The number of ether oxygens (including phenoxy) is 2. The van der Waals surface area contributed by atoms with Gasteiger partial charge in [0.25, 0.3) is 0 Å². The molecule has 2 aromatic rings. The van der Waals surface area contributed by atoms with Crippen LogP contribution in [-0.2, 0) is 11.3 Å². The summed E-state index contributed by atoms with van der Waals surface area (Å²) in [5.41, 5.74) is 2.33. The summed E-state index contributed by atoms with van der Waals surface area (Å²) in [6.45, 7) is 0.168. The molecule has 0 saturated heterocycles. The first kappa shape index (κ1) is 14.5. The van der Waals surface area contributed by atoms with Gasteiger partial charge in [-0.05, 0) is 28.8 Å². The summed E-state index contributed by atoms with van der Waals surface area (Å²) in [5, 5.41) is 19.4. The van der Waals surface area contributed by atoms with Crippen LogP contribution in [0.3, 0.4) is 0 Å². The lowest BCUT2D eigenvalue weighted by atomic mass is 10.0. The molecular formula is C16H18O4. The number of rotatable bonds is 6. The van der Waals surface area contributed by atoms with Crippen molar-refractivity contribution in [2.24, 2.45) is 0 Å². The van der Waals surface area contributed by atoms with Gasteiger partial charge in [-0.1, -0.05) is 36.4 Å². The molecule has 0 amide bonds. The summed E-state index contributed by atoms with van der Waals surface area (Å²) in [7, 11) is 1.56. The molecule has 1 unspecified atom stereocenters. The van der Waals surface area contributed by atoms with Crippen LogP contribution in [0.5, 0.6) is 5.75 Å². The Balaban J connectivity index is 2.16. The predicted molar refractivity (Wildman–Crippen MR) is 75.4 cm³/mol.